The zero-order valence-electron chi connectivity index (χ0n) is 17.3. The van der Waals surface area contributed by atoms with Crippen LogP contribution in [0.1, 0.15) is 23.8 Å². The maximum absolute atomic E-state index is 14.5. The Morgan fingerprint density at radius 2 is 1.97 bits per heavy atom. The Labute approximate surface area is 183 Å². The molecule has 0 aliphatic carbocycles. The number of alkyl halides is 1. The average molecular weight is 465 g/mol. The van der Waals surface area contributed by atoms with Gasteiger partial charge in [-0.1, -0.05) is 11.2 Å². The van der Waals surface area contributed by atoms with Crippen LogP contribution in [-0.2, 0) is 14.9 Å². The van der Waals surface area contributed by atoms with E-state index in [9.17, 15) is 21.6 Å². The molecule has 7 nitrogen and oxygen atoms in total. The van der Waals surface area contributed by atoms with Gasteiger partial charge in [0.2, 0.25) is 0 Å². The lowest BCUT2D eigenvalue weighted by molar-refractivity contribution is 0.0828. The highest BCUT2D eigenvalue weighted by atomic mass is 32.2. The van der Waals surface area contributed by atoms with Gasteiger partial charge in [0.25, 0.3) is 0 Å². The summed E-state index contributed by atoms with van der Waals surface area (Å²) in [4.78, 5) is 11.5. The lowest BCUT2D eigenvalue weighted by atomic mass is 9.97. The summed E-state index contributed by atoms with van der Waals surface area (Å²) in [6.07, 6.45) is 0.596. The molecule has 1 fully saturated rings. The molecule has 2 aromatic rings. The summed E-state index contributed by atoms with van der Waals surface area (Å²) >= 11 is 0. The van der Waals surface area contributed by atoms with Crippen molar-refractivity contribution < 1.29 is 26.4 Å². The first-order chi connectivity index (χ1) is 15.1. The number of hydrogen-bond donors (Lipinski definition) is 0. The molecule has 32 heavy (non-hydrogen) atoms. The molecule has 0 saturated carbocycles. The second-order valence-electron chi connectivity index (χ2n) is 7.83. The van der Waals surface area contributed by atoms with Crippen molar-refractivity contribution in [2.75, 3.05) is 19.3 Å². The minimum absolute atomic E-state index is 0.0258. The van der Waals surface area contributed by atoms with Crippen molar-refractivity contribution in [1.29, 1.82) is 0 Å². The van der Waals surface area contributed by atoms with Gasteiger partial charge in [-0.2, -0.15) is 0 Å². The first-order valence-corrected chi connectivity index (χ1v) is 11.7. The highest BCUT2D eigenvalue weighted by Crippen LogP contribution is 2.37. The van der Waals surface area contributed by atoms with Crippen LogP contribution >= 0.6 is 0 Å². The molecule has 0 amide bonds. The molecular weight excluding hydrogens is 445 g/mol. The molecule has 4 rings (SSSR count). The zero-order valence-corrected chi connectivity index (χ0v) is 18.1. The van der Waals surface area contributed by atoms with Crippen LogP contribution in [0.25, 0.3) is 15.4 Å². The number of hydrogen-bond acceptors (Lipinski definition) is 6. The smallest absolute Gasteiger partial charge is 0.384 e. The van der Waals surface area contributed by atoms with Crippen LogP contribution < -0.4 is 0 Å². The number of aryl methyl sites for hydroxylation is 1. The standard InChI is InChI=1S/C21H20F3N4O3S/c1-12-6-14(20-15(22)4-3-5-16(20)23)21(25-8-12)18-7-19(27-31-18)28-10-13(17(24)11-28)9-26-32(2,29)30/h3-6,8,13,17-18H,7,10-11H2,1-2H3/q+1/t13?,17-,18-/m0/s1. The van der Waals surface area contributed by atoms with E-state index in [0.717, 1.165) is 6.26 Å². The fourth-order valence-electron chi connectivity index (χ4n) is 3.75. The summed E-state index contributed by atoms with van der Waals surface area (Å²) in [5, 5.41) is 4.03. The molecule has 2 aliphatic heterocycles. The Kier molecular flexibility index (Phi) is 5.81. The number of rotatable bonds is 2. The molecule has 1 aromatic heterocycles. The Morgan fingerprint density at radius 1 is 1.25 bits per heavy atom. The highest BCUT2D eigenvalue weighted by Gasteiger charge is 2.40. The number of likely N-dealkylation sites (tertiary alicyclic amines) is 1. The fourth-order valence-corrected chi connectivity index (χ4v) is 4.08. The van der Waals surface area contributed by atoms with Crippen molar-refractivity contribution in [2.45, 2.75) is 25.6 Å². The number of nitrogens with zero attached hydrogens (tertiary/aromatic N) is 4. The summed E-state index contributed by atoms with van der Waals surface area (Å²) < 4.78 is 68.9. The van der Waals surface area contributed by atoms with Crippen LogP contribution in [0.15, 0.2) is 35.6 Å². The quantitative estimate of drug-likeness (QED) is 0.677. The van der Waals surface area contributed by atoms with Gasteiger partial charge in [-0.25, -0.2) is 13.2 Å². The van der Waals surface area contributed by atoms with Crippen LogP contribution in [0.2, 0.25) is 0 Å². The summed E-state index contributed by atoms with van der Waals surface area (Å²) in [7, 11) is -3.65. The van der Waals surface area contributed by atoms with Gasteiger partial charge >= 0.3 is 16.1 Å². The van der Waals surface area contributed by atoms with E-state index >= 15 is 0 Å². The molecule has 0 N–H and O–H groups in total. The van der Waals surface area contributed by atoms with E-state index in [1.807, 2.05) is 0 Å². The number of aromatic nitrogens is 1. The van der Waals surface area contributed by atoms with Crippen LogP contribution in [0, 0.1) is 30.5 Å². The first kappa shape index (κ1) is 22.1. The van der Waals surface area contributed by atoms with Crippen molar-refractivity contribution in [1.82, 2.24) is 9.88 Å². The maximum atomic E-state index is 14.5. The monoisotopic (exact) mass is 465 g/mol. The van der Waals surface area contributed by atoms with Gasteiger partial charge in [0.05, 0.1) is 28.5 Å². The Morgan fingerprint density at radius 3 is 2.66 bits per heavy atom. The van der Waals surface area contributed by atoms with Gasteiger partial charge in [0, 0.05) is 18.3 Å². The molecule has 1 aromatic carbocycles. The predicted molar refractivity (Wildman–Crippen MR) is 112 cm³/mol. The summed E-state index contributed by atoms with van der Waals surface area (Å²) in [6.45, 7) is 1.87. The SMILES string of the molecule is Cc1cnc([C@@H]2CC(N3CC(C#[N+]S(C)(=O)=O)[C@@H](F)C3)=NO2)c(-c2c(F)cccc2F)c1. The molecule has 2 aliphatic rings. The average Bonchev–Trinajstić information content (AvgIpc) is 3.33. The fraction of sp³-hybridized carbons (Fsp3) is 0.381. The number of benzene rings is 1. The third kappa shape index (κ3) is 4.55. The zero-order chi connectivity index (χ0) is 23.0. The molecule has 0 radical (unpaired) electrons. The molecule has 11 heteroatoms. The van der Waals surface area contributed by atoms with Crippen molar-refractivity contribution in [3.63, 3.8) is 0 Å². The van der Waals surface area contributed by atoms with Crippen molar-refractivity contribution in [3.05, 3.63) is 57.6 Å². The number of pyridine rings is 1. The topological polar surface area (TPSA) is 76.2 Å². The van der Waals surface area contributed by atoms with E-state index in [0.29, 0.717) is 17.1 Å². The van der Waals surface area contributed by atoms with Gasteiger partial charge < -0.3 is 9.74 Å². The van der Waals surface area contributed by atoms with Gasteiger partial charge in [0.1, 0.15) is 35.8 Å². The lowest BCUT2D eigenvalue weighted by Crippen LogP contribution is -2.28. The summed E-state index contributed by atoms with van der Waals surface area (Å²) in [5.74, 6) is -1.84. The van der Waals surface area contributed by atoms with Gasteiger partial charge in [-0.05, 0) is 30.7 Å². The number of halogens is 3. The molecule has 3 heterocycles. The van der Waals surface area contributed by atoms with Gasteiger partial charge in [-0.15, -0.1) is 8.42 Å². The van der Waals surface area contributed by atoms with Crippen LogP contribution in [0.3, 0.4) is 0 Å². The minimum atomic E-state index is -3.65. The van der Waals surface area contributed by atoms with Gasteiger partial charge in [0.15, 0.2) is 6.10 Å². The maximum Gasteiger partial charge on any atom is 0.476 e. The minimum Gasteiger partial charge on any atom is -0.384 e. The van der Waals surface area contributed by atoms with E-state index in [-0.39, 0.29) is 30.6 Å². The first-order valence-electron chi connectivity index (χ1n) is 9.82. The molecule has 3 atom stereocenters. The lowest BCUT2D eigenvalue weighted by Gasteiger charge is -2.17. The normalized spacial score (nSPS) is 22.8. The third-order valence-electron chi connectivity index (χ3n) is 5.24. The van der Waals surface area contributed by atoms with E-state index in [1.165, 1.54) is 18.2 Å². The number of oxime groups is 1. The molecule has 0 bridgehead atoms. The van der Waals surface area contributed by atoms with Gasteiger partial charge in [-0.3, -0.25) is 4.98 Å². The second-order valence-corrected chi connectivity index (χ2v) is 9.48. The van der Waals surface area contributed by atoms with E-state index in [4.69, 9.17) is 4.84 Å². The highest BCUT2D eigenvalue weighted by molar-refractivity contribution is 7.92. The third-order valence-corrected chi connectivity index (χ3v) is 5.68. The summed E-state index contributed by atoms with van der Waals surface area (Å²) in [5.41, 5.74) is 1.09. The van der Waals surface area contributed by atoms with E-state index in [2.05, 4.69) is 20.5 Å². The Balaban J connectivity index is 1.56. The largest absolute Gasteiger partial charge is 0.476 e. The Bertz CT molecular complexity index is 1240. The molecular formula is C21H20F3N4O3S+. The number of amidine groups is 1. The molecule has 168 valence electrons. The summed E-state index contributed by atoms with van der Waals surface area (Å²) in [6, 6.07) is 7.60. The number of sulfonamides is 1. The van der Waals surface area contributed by atoms with E-state index in [1.54, 1.807) is 24.1 Å². The molecule has 0 spiro atoms. The Hall–Kier alpha value is -3.13. The second kappa shape index (κ2) is 8.43. The van der Waals surface area contributed by atoms with Crippen molar-refractivity contribution in [2.24, 2.45) is 11.1 Å². The van der Waals surface area contributed by atoms with Crippen molar-refractivity contribution in [3.8, 4) is 17.2 Å². The predicted octanol–water partition coefficient (Wildman–Crippen LogP) is 3.67. The molecule has 1 unspecified atom stereocenters. The van der Waals surface area contributed by atoms with Crippen LogP contribution in [0.5, 0.6) is 0 Å². The van der Waals surface area contributed by atoms with Crippen LogP contribution in [-0.4, -0.2) is 49.7 Å². The van der Waals surface area contributed by atoms with Crippen LogP contribution in [0.4, 0.5) is 13.2 Å². The van der Waals surface area contributed by atoms with E-state index < -0.39 is 39.9 Å². The van der Waals surface area contributed by atoms with Crippen molar-refractivity contribution >= 4 is 15.9 Å². The molecule has 1 saturated heterocycles.